The molecule has 3 rings (SSSR count). The predicted octanol–water partition coefficient (Wildman–Crippen LogP) is 0.815. The highest BCUT2D eigenvalue weighted by molar-refractivity contribution is 7.46. The van der Waals surface area contributed by atoms with E-state index in [1.807, 2.05) is 0 Å². The Hall–Kier alpha value is -2.31. The number of aryl methyl sites for hydroxylation is 1. The molecule has 0 saturated carbocycles. The van der Waals surface area contributed by atoms with Crippen molar-refractivity contribution in [3.8, 4) is 17.1 Å². The highest BCUT2D eigenvalue weighted by Crippen LogP contribution is 2.45. The molecule has 0 atom stereocenters. The number of aromatic nitrogens is 4. The van der Waals surface area contributed by atoms with Crippen molar-refractivity contribution in [1.82, 2.24) is 19.6 Å². The van der Waals surface area contributed by atoms with Gasteiger partial charge in [0.05, 0.1) is 11.8 Å². The van der Waals surface area contributed by atoms with Crippen LogP contribution in [-0.4, -0.2) is 46.2 Å². The lowest BCUT2D eigenvalue weighted by atomic mass is 10.2. The molecule has 0 unspecified atom stereocenters. The molecule has 0 aliphatic heterocycles. The maximum atomic E-state index is 11.2. The second-order valence-electron chi connectivity index (χ2n) is 5.38. The lowest BCUT2D eigenvalue weighted by Crippen LogP contribution is -2.05. The molecular weight excluding hydrogens is 420 g/mol. The zero-order chi connectivity index (χ0) is 20.7. The summed E-state index contributed by atoms with van der Waals surface area (Å²) >= 11 is 0. The van der Waals surface area contributed by atoms with Crippen LogP contribution in [0.25, 0.3) is 17.0 Å². The molecule has 3 heterocycles. The lowest BCUT2D eigenvalue weighted by Gasteiger charge is -2.07. The second-order valence-corrected chi connectivity index (χ2v) is 7.79. The molecule has 0 aliphatic carbocycles. The first-order valence-corrected chi connectivity index (χ1v) is 10.5. The van der Waals surface area contributed by atoms with E-state index in [0.29, 0.717) is 23.0 Å². The number of anilines is 1. The van der Waals surface area contributed by atoms with E-state index in [-0.39, 0.29) is 11.5 Å². The smallest absolute Gasteiger partial charge is 0.454 e. The molecule has 3 aromatic rings. The Balaban J connectivity index is 2.09. The highest BCUT2D eigenvalue weighted by Gasteiger charge is 2.26. The largest absolute Gasteiger partial charge is 0.524 e. The van der Waals surface area contributed by atoms with Gasteiger partial charge in [-0.2, -0.15) is 14.6 Å². The number of phosphoric ester groups is 2. The van der Waals surface area contributed by atoms with Crippen LogP contribution in [0.5, 0.6) is 5.75 Å². The minimum atomic E-state index is -4.98. The standard InChI is InChI=1S/C12H15N5O9P2/c1-6-15-11-7(4-14-17(11)12(13-2)16-6)8-3-9(26-28(21,22)23)10(25-8)5-24-27(18,19)20/h3-4H,5H2,1-2H3,(H,13,15,16)(H2,18,19,20)(H2,21,22,23). The summed E-state index contributed by atoms with van der Waals surface area (Å²) in [7, 11) is -8.20. The van der Waals surface area contributed by atoms with Gasteiger partial charge in [-0.3, -0.25) is 14.3 Å². The van der Waals surface area contributed by atoms with Crippen molar-refractivity contribution in [2.45, 2.75) is 13.5 Å². The van der Waals surface area contributed by atoms with Crippen LogP contribution in [0.3, 0.4) is 0 Å². The predicted molar refractivity (Wildman–Crippen MR) is 92.3 cm³/mol. The van der Waals surface area contributed by atoms with Gasteiger partial charge < -0.3 is 24.0 Å². The molecule has 16 heteroatoms. The Morgan fingerprint density at radius 3 is 2.54 bits per heavy atom. The van der Waals surface area contributed by atoms with E-state index < -0.39 is 28.0 Å². The zero-order valence-corrected chi connectivity index (χ0v) is 16.2. The molecule has 0 radical (unpaired) electrons. The number of furan rings is 1. The molecule has 0 bridgehead atoms. The summed E-state index contributed by atoms with van der Waals surface area (Å²) in [5.74, 6) is 0.0400. The fraction of sp³-hybridized carbons (Fsp3) is 0.250. The fourth-order valence-corrected chi connectivity index (χ4v) is 3.01. The van der Waals surface area contributed by atoms with Crippen LogP contribution in [-0.2, 0) is 20.3 Å². The fourth-order valence-electron chi connectivity index (χ4n) is 2.31. The van der Waals surface area contributed by atoms with Crippen LogP contribution in [0.4, 0.5) is 5.95 Å². The summed E-state index contributed by atoms with van der Waals surface area (Å²) in [4.78, 5) is 44.2. The molecule has 0 fully saturated rings. The lowest BCUT2D eigenvalue weighted by molar-refractivity contribution is 0.174. The molecule has 5 N–H and O–H groups in total. The zero-order valence-electron chi connectivity index (χ0n) is 14.4. The molecule has 0 aromatic carbocycles. The first kappa shape index (κ1) is 20.4. The second kappa shape index (κ2) is 7.26. The Kier molecular flexibility index (Phi) is 5.30. The van der Waals surface area contributed by atoms with Crippen LogP contribution < -0.4 is 9.84 Å². The molecule has 152 valence electrons. The minimum absolute atomic E-state index is 0.0305. The van der Waals surface area contributed by atoms with Gasteiger partial charge in [0, 0.05) is 13.1 Å². The molecular formula is C12H15N5O9P2. The average Bonchev–Trinajstić information content (AvgIpc) is 3.13. The van der Waals surface area contributed by atoms with E-state index >= 15 is 0 Å². The summed E-state index contributed by atoms with van der Waals surface area (Å²) in [5.41, 5.74) is 0.635. The maximum Gasteiger partial charge on any atom is 0.524 e. The molecule has 0 saturated heterocycles. The summed E-state index contributed by atoms with van der Waals surface area (Å²) in [6.07, 6.45) is 1.37. The normalized spacial score (nSPS) is 12.5. The van der Waals surface area contributed by atoms with Crippen LogP contribution in [0.2, 0.25) is 0 Å². The SMILES string of the molecule is CNc1nc(C)nc2c(-c3cc(OP(=O)(O)O)c(COP(=O)(O)O)o3)cnn12. The quantitative estimate of drug-likeness (QED) is 0.327. The Morgan fingerprint density at radius 2 is 1.93 bits per heavy atom. The molecule has 28 heavy (non-hydrogen) atoms. The van der Waals surface area contributed by atoms with Crippen molar-refractivity contribution in [2.75, 3.05) is 12.4 Å². The number of nitrogens with one attached hydrogen (secondary N) is 1. The van der Waals surface area contributed by atoms with Gasteiger partial charge in [-0.1, -0.05) is 0 Å². The van der Waals surface area contributed by atoms with Crippen molar-refractivity contribution in [3.05, 3.63) is 23.8 Å². The number of phosphoric acid groups is 2. The third kappa shape index (κ3) is 4.56. The van der Waals surface area contributed by atoms with Crippen LogP contribution >= 0.6 is 15.6 Å². The van der Waals surface area contributed by atoms with Crippen molar-refractivity contribution in [3.63, 3.8) is 0 Å². The molecule has 3 aromatic heterocycles. The number of nitrogens with zero attached hydrogens (tertiary/aromatic N) is 4. The van der Waals surface area contributed by atoms with E-state index in [9.17, 15) is 9.13 Å². The van der Waals surface area contributed by atoms with E-state index in [2.05, 4.69) is 29.4 Å². The highest BCUT2D eigenvalue weighted by atomic mass is 31.2. The maximum absolute atomic E-state index is 11.2. The summed E-state index contributed by atoms with van der Waals surface area (Å²) in [6.45, 7) is 0.857. The molecule has 0 aliphatic rings. The van der Waals surface area contributed by atoms with Crippen molar-refractivity contribution < 1.29 is 42.2 Å². The van der Waals surface area contributed by atoms with Gasteiger partial charge in [-0.25, -0.2) is 14.1 Å². The third-order valence-corrected chi connectivity index (χ3v) is 4.22. The minimum Gasteiger partial charge on any atom is -0.454 e. The number of rotatable bonds is 7. The molecule has 0 amide bonds. The van der Waals surface area contributed by atoms with Gasteiger partial charge >= 0.3 is 15.6 Å². The van der Waals surface area contributed by atoms with Crippen LogP contribution in [0.15, 0.2) is 16.7 Å². The van der Waals surface area contributed by atoms with Crippen molar-refractivity contribution in [1.29, 1.82) is 0 Å². The summed E-state index contributed by atoms with van der Waals surface area (Å²) in [6, 6.07) is 1.13. The van der Waals surface area contributed by atoms with Gasteiger partial charge in [0.15, 0.2) is 17.2 Å². The number of hydrogen-bond acceptors (Lipinski definition) is 9. The van der Waals surface area contributed by atoms with E-state index in [4.69, 9.17) is 24.0 Å². The summed E-state index contributed by atoms with van der Waals surface area (Å²) in [5, 5.41) is 6.97. The van der Waals surface area contributed by atoms with Gasteiger partial charge in [-0.05, 0) is 6.92 Å². The third-order valence-electron chi connectivity index (χ3n) is 3.32. The topological polar surface area (TPSA) is 202 Å². The first-order valence-electron chi connectivity index (χ1n) is 7.45. The van der Waals surface area contributed by atoms with E-state index in [0.717, 1.165) is 6.07 Å². The summed E-state index contributed by atoms with van der Waals surface area (Å²) < 4.78 is 37.8. The number of fused-ring (bicyclic) bond motifs is 1. The molecule has 14 nitrogen and oxygen atoms in total. The Bertz CT molecular complexity index is 1110. The first-order chi connectivity index (χ1) is 13.0. The van der Waals surface area contributed by atoms with Crippen LogP contribution in [0.1, 0.15) is 11.6 Å². The van der Waals surface area contributed by atoms with E-state index in [1.54, 1.807) is 14.0 Å². The monoisotopic (exact) mass is 435 g/mol. The van der Waals surface area contributed by atoms with E-state index in [1.165, 1.54) is 10.7 Å². The van der Waals surface area contributed by atoms with Crippen molar-refractivity contribution >= 4 is 27.2 Å². The molecule has 0 spiro atoms. The Morgan fingerprint density at radius 1 is 1.21 bits per heavy atom. The van der Waals surface area contributed by atoms with Gasteiger partial charge in [0.25, 0.3) is 0 Å². The van der Waals surface area contributed by atoms with Crippen LogP contribution in [0, 0.1) is 6.92 Å². The average molecular weight is 435 g/mol. The number of hydrogen-bond donors (Lipinski definition) is 5. The van der Waals surface area contributed by atoms with Gasteiger partial charge in [0.1, 0.15) is 18.2 Å². The Labute approximate surface area is 156 Å². The van der Waals surface area contributed by atoms with Gasteiger partial charge in [0.2, 0.25) is 5.95 Å². The van der Waals surface area contributed by atoms with Gasteiger partial charge in [-0.15, -0.1) is 0 Å². The van der Waals surface area contributed by atoms with Crippen molar-refractivity contribution in [2.24, 2.45) is 0 Å².